The summed E-state index contributed by atoms with van der Waals surface area (Å²) < 4.78 is 0. The molecule has 0 saturated heterocycles. The lowest BCUT2D eigenvalue weighted by atomic mass is 9.67. The molecule has 3 heteroatoms. The number of carbonyl (C=O) groups is 1. The van der Waals surface area contributed by atoms with Gasteiger partial charge in [0.25, 0.3) is 0 Å². The molecule has 0 radical (unpaired) electrons. The van der Waals surface area contributed by atoms with Crippen molar-refractivity contribution in [3.05, 3.63) is 0 Å². The Morgan fingerprint density at radius 3 is 2.71 bits per heavy atom. The Kier molecular flexibility index (Phi) is 3.15. The van der Waals surface area contributed by atoms with Gasteiger partial charge in [-0.25, -0.2) is 0 Å². The predicted molar refractivity (Wildman–Crippen MR) is 58.5 cm³/mol. The van der Waals surface area contributed by atoms with Gasteiger partial charge in [0, 0.05) is 4.83 Å². The zero-order chi connectivity index (χ0) is 10.1. The number of carboxylic acid groups (broad SMARTS) is 1. The van der Waals surface area contributed by atoms with Crippen LogP contribution in [0.4, 0.5) is 0 Å². The van der Waals surface area contributed by atoms with Crippen molar-refractivity contribution in [2.75, 3.05) is 0 Å². The van der Waals surface area contributed by atoms with Crippen LogP contribution in [0.5, 0.6) is 0 Å². The van der Waals surface area contributed by atoms with Gasteiger partial charge in [0.1, 0.15) is 0 Å². The molecule has 2 fully saturated rings. The van der Waals surface area contributed by atoms with Crippen molar-refractivity contribution in [3.8, 4) is 0 Å². The Bertz CT molecular complexity index is 229. The monoisotopic (exact) mass is 260 g/mol. The Labute approximate surface area is 93.2 Å². The van der Waals surface area contributed by atoms with Gasteiger partial charge in [-0.1, -0.05) is 28.8 Å². The zero-order valence-corrected chi connectivity index (χ0v) is 9.87. The Morgan fingerprint density at radius 2 is 2.00 bits per heavy atom. The lowest BCUT2D eigenvalue weighted by Gasteiger charge is -2.41. The standard InChI is InChI=1S/C11H17BrO2/c12-10-3-1-2-7-4-5-8(11(13)14)6-9(7)10/h7-10H,1-6H2,(H,13,14). The molecule has 1 N–H and O–H groups in total. The molecule has 2 nitrogen and oxygen atoms in total. The van der Waals surface area contributed by atoms with Crippen LogP contribution < -0.4 is 0 Å². The molecule has 0 spiro atoms. The van der Waals surface area contributed by atoms with Gasteiger partial charge in [0.15, 0.2) is 0 Å². The summed E-state index contributed by atoms with van der Waals surface area (Å²) in [6, 6.07) is 0. The van der Waals surface area contributed by atoms with Gasteiger partial charge in [-0.05, 0) is 37.5 Å². The summed E-state index contributed by atoms with van der Waals surface area (Å²) in [6.07, 6.45) is 6.79. The minimum Gasteiger partial charge on any atom is -0.481 e. The minimum atomic E-state index is -0.589. The summed E-state index contributed by atoms with van der Waals surface area (Å²) in [5, 5.41) is 9.00. The highest BCUT2D eigenvalue weighted by molar-refractivity contribution is 9.09. The summed E-state index contributed by atoms with van der Waals surface area (Å²) in [5.41, 5.74) is 0. The number of rotatable bonds is 1. The Hall–Kier alpha value is -0.0500. The highest BCUT2D eigenvalue weighted by Crippen LogP contribution is 2.45. The lowest BCUT2D eigenvalue weighted by molar-refractivity contribution is -0.144. The largest absolute Gasteiger partial charge is 0.481 e. The second kappa shape index (κ2) is 4.21. The number of fused-ring (bicyclic) bond motifs is 1. The van der Waals surface area contributed by atoms with Gasteiger partial charge in [-0.15, -0.1) is 0 Å². The Morgan fingerprint density at radius 1 is 1.21 bits per heavy atom. The molecular formula is C11H17BrO2. The summed E-state index contributed by atoms with van der Waals surface area (Å²) in [5.74, 6) is 0.755. The third kappa shape index (κ3) is 1.97. The van der Waals surface area contributed by atoms with Crippen LogP contribution in [0.15, 0.2) is 0 Å². The fourth-order valence-corrected chi connectivity index (χ4v) is 4.05. The molecule has 2 aliphatic rings. The quantitative estimate of drug-likeness (QED) is 0.736. The molecule has 4 atom stereocenters. The van der Waals surface area contributed by atoms with Crippen LogP contribution in [0.25, 0.3) is 0 Å². The number of hydrogen-bond donors (Lipinski definition) is 1. The van der Waals surface area contributed by atoms with E-state index >= 15 is 0 Å². The first kappa shape index (κ1) is 10.5. The van der Waals surface area contributed by atoms with E-state index in [0.717, 1.165) is 25.2 Å². The summed E-state index contributed by atoms with van der Waals surface area (Å²) in [4.78, 5) is 11.5. The van der Waals surface area contributed by atoms with E-state index in [1.54, 1.807) is 0 Å². The fraction of sp³-hybridized carbons (Fsp3) is 0.909. The maximum Gasteiger partial charge on any atom is 0.306 e. The summed E-state index contributed by atoms with van der Waals surface area (Å²) in [7, 11) is 0. The molecule has 4 unspecified atom stereocenters. The van der Waals surface area contributed by atoms with Crippen molar-refractivity contribution in [1.82, 2.24) is 0 Å². The molecule has 0 aromatic rings. The topological polar surface area (TPSA) is 37.3 Å². The predicted octanol–water partition coefficient (Wildman–Crippen LogP) is 3.05. The molecule has 80 valence electrons. The third-order valence-electron chi connectivity index (χ3n) is 3.92. The van der Waals surface area contributed by atoms with Crippen molar-refractivity contribution >= 4 is 21.9 Å². The first-order chi connectivity index (χ1) is 6.68. The molecule has 0 aromatic carbocycles. The van der Waals surface area contributed by atoms with Gasteiger partial charge in [0.05, 0.1) is 5.92 Å². The van der Waals surface area contributed by atoms with Crippen molar-refractivity contribution < 1.29 is 9.90 Å². The van der Waals surface area contributed by atoms with Gasteiger partial charge in [-0.3, -0.25) is 4.79 Å². The van der Waals surface area contributed by atoms with Crippen LogP contribution in [-0.4, -0.2) is 15.9 Å². The van der Waals surface area contributed by atoms with E-state index < -0.39 is 5.97 Å². The van der Waals surface area contributed by atoms with Crippen LogP contribution in [0, 0.1) is 17.8 Å². The zero-order valence-electron chi connectivity index (χ0n) is 8.29. The van der Waals surface area contributed by atoms with Crippen molar-refractivity contribution in [3.63, 3.8) is 0 Å². The molecule has 0 amide bonds. The van der Waals surface area contributed by atoms with Crippen molar-refractivity contribution in [2.45, 2.75) is 43.4 Å². The van der Waals surface area contributed by atoms with Crippen LogP contribution >= 0.6 is 15.9 Å². The Balaban J connectivity index is 2.01. The number of hydrogen-bond acceptors (Lipinski definition) is 1. The SMILES string of the molecule is O=C(O)C1CCC2CCCC(Br)C2C1. The van der Waals surface area contributed by atoms with Crippen LogP contribution in [0.2, 0.25) is 0 Å². The summed E-state index contributed by atoms with van der Waals surface area (Å²) >= 11 is 3.71. The van der Waals surface area contributed by atoms with Gasteiger partial charge in [0.2, 0.25) is 0 Å². The van der Waals surface area contributed by atoms with Crippen LogP contribution in [0.1, 0.15) is 38.5 Å². The van der Waals surface area contributed by atoms with E-state index in [9.17, 15) is 4.79 Å². The van der Waals surface area contributed by atoms with Crippen molar-refractivity contribution in [2.24, 2.45) is 17.8 Å². The van der Waals surface area contributed by atoms with Crippen LogP contribution in [0.3, 0.4) is 0 Å². The summed E-state index contributed by atoms with van der Waals surface area (Å²) in [6.45, 7) is 0. The first-order valence-electron chi connectivity index (χ1n) is 5.55. The lowest BCUT2D eigenvalue weighted by Crippen LogP contribution is -2.36. The first-order valence-corrected chi connectivity index (χ1v) is 6.47. The molecule has 0 bridgehead atoms. The minimum absolute atomic E-state index is 0.0746. The average Bonchev–Trinajstić information content (AvgIpc) is 2.18. The highest BCUT2D eigenvalue weighted by atomic mass is 79.9. The van der Waals surface area contributed by atoms with Gasteiger partial charge < -0.3 is 5.11 Å². The molecule has 0 heterocycles. The maximum absolute atomic E-state index is 10.9. The average molecular weight is 261 g/mol. The number of carboxylic acids is 1. The molecule has 0 aromatic heterocycles. The van der Waals surface area contributed by atoms with E-state index in [4.69, 9.17) is 5.11 Å². The van der Waals surface area contributed by atoms with E-state index in [1.165, 1.54) is 19.3 Å². The molecule has 2 rings (SSSR count). The molecule has 14 heavy (non-hydrogen) atoms. The van der Waals surface area contributed by atoms with Crippen LogP contribution in [-0.2, 0) is 4.79 Å². The van der Waals surface area contributed by atoms with E-state index in [0.29, 0.717) is 10.7 Å². The molecular weight excluding hydrogens is 244 g/mol. The van der Waals surface area contributed by atoms with E-state index in [1.807, 2.05) is 0 Å². The fourth-order valence-electron chi connectivity index (χ4n) is 3.08. The van der Waals surface area contributed by atoms with Crippen molar-refractivity contribution in [1.29, 1.82) is 0 Å². The molecule has 0 aliphatic heterocycles. The molecule has 2 aliphatic carbocycles. The number of halogens is 1. The second-order valence-electron chi connectivity index (χ2n) is 4.72. The van der Waals surface area contributed by atoms with E-state index in [-0.39, 0.29) is 5.92 Å². The third-order valence-corrected chi connectivity index (χ3v) is 5.05. The second-order valence-corrected chi connectivity index (χ2v) is 5.90. The smallest absolute Gasteiger partial charge is 0.306 e. The molecule has 2 saturated carbocycles. The number of aliphatic carboxylic acids is 1. The maximum atomic E-state index is 10.9. The number of alkyl halides is 1. The normalized spacial score (nSPS) is 42.9. The highest BCUT2D eigenvalue weighted by Gasteiger charge is 2.38. The van der Waals surface area contributed by atoms with Gasteiger partial charge >= 0.3 is 5.97 Å². The van der Waals surface area contributed by atoms with Gasteiger partial charge in [-0.2, -0.15) is 0 Å². The van der Waals surface area contributed by atoms with E-state index in [2.05, 4.69) is 15.9 Å².